The van der Waals surface area contributed by atoms with Crippen LogP contribution in [0.25, 0.3) is 17.4 Å². The van der Waals surface area contributed by atoms with E-state index in [1.54, 1.807) is 19.3 Å². The van der Waals surface area contributed by atoms with Crippen LogP contribution in [-0.2, 0) is 11.3 Å². The van der Waals surface area contributed by atoms with Gasteiger partial charge in [0.1, 0.15) is 11.4 Å². The lowest BCUT2D eigenvalue weighted by molar-refractivity contribution is -0.116. The van der Waals surface area contributed by atoms with E-state index in [4.69, 9.17) is 9.26 Å². The summed E-state index contributed by atoms with van der Waals surface area (Å²) in [5.41, 5.74) is 2.49. The van der Waals surface area contributed by atoms with Crippen LogP contribution in [0.5, 0.6) is 5.75 Å². The van der Waals surface area contributed by atoms with Crippen molar-refractivity contribution in [3.63, 3.8) is 0 Å². The van der Waals surface area contributed by atoms with Gasteiger partial charge in [0.15, 0.2) is 5.76 Å². The standard InChI is InChI=1S/C20H18N2O3/c1-24-18-9-5-8-16(12-18)19-13-17(22-25-19)14-21-20(23)11-10-15-6-3-2-4-7-15/h2-13H,14H2,1H3,(H,21,23)/b11-10-. The number of amides is 1. The summed E-state index contributed by atoms with van der Waals surface area (Å²) in [6.07, 6.45) is 3.26. The van der Waals surface area contributed by atoms with Crippen LogP contribution in [0.2, 0.25) is 0 Å². The van der Waals surface area contributed by atoms with Gasteiger partial charge in [-0.2, -0.15) is 0 Å². The van der Waals surface area contributed by atoms with Gasteiger partial charge in [-0.25, -0.2) is 0 Å². The number of carbonyl (C=O) groups excluding carboxylic acids is 1. The van der Waals surface area contributed by atoms with Crippen LogP contribution in [0.4, 0.5) is 0 Å². The van der Waals surface area contributed by atoms with Crippen LogP contribution in [0.3, 0.4) is 0 Å². The molecule has 1 N–H and O–H groups in total. The maximum atomic E-state index is 11.9. The second-order valence-corrected chi connectivity index (χ2v) is 5.38. The fraction of sp³-hybridized carbons (Fsp3) is 0.100. The first-order valence-corrected chi connectivity index (χ1v) is 7.85. The molecule has 2 aromatic carbocycles. The molecular weight excluding hydrogens is 316 g/mol. The van der Waals surface area contributed by atoms with Crippen LogP contribution in [0, 0.1) is 0 Å². The summed E-state index contributed by atoms with van der Waals surface area (Å²) >= 11 is 0. The van der Waals surface area contributed by atoms with Crippen LogP contribution in [0.15, 0.2) is 71.3 Å². The molecule has 0 aliphatic rings. The lowest BCUT2D eigenvalue weighted by Gasteiger charge is -2.00. The predicted molar refractivity (Wildman–Crippen MR) is 95.8 cm³/mol. The minimum atomic E-state index is -0.185. The first-order chi connectivity index (χ1) is 12.2. The summed E-state index contributed by atoms with van der Waals surface area (Å²) in [7, 11) is 1.61. The van der Waals surface area contributed by atoms with Gasteiger partial charge >= 0.3 is 0 Å². The lowest BCUT2D eigenvalue weighted by atomic mass is 10.1. The first kappa shape index (κ1) is 16.5. The molecule has 3 rings (SSSR count). The number of carbonyl (C=O) groups is 1. The molecule has 0 bridgehead atoms. The predicted octanol–water partition coefficient (Wildman–Crippen LogP) is 3.68. The van der Waals surface area contributed by atoms with Gasteiger partial charge in [-0.1, -0.05) is 47.6 Å². The van der Waals surface area contributed by atoms with Gasteiger partial charge in [0.05, 0.1) is 13.7 Å². The van der Waals surface area contributed by atoms with Gasteiger partial charge in [0.25, 0.3) is 0 Å². The molecule has 0 fully saturated rings. The summed E-state index contributed by atoms with van der Waals surface area (Å²) in [4.78, 5) is 11.9. The zero-order valence-corrected chi connectivity index (χ0v) is 13.8. The molecule has 0 radical (unpaired) electrons. The molecule has 0 saturated carbocycles. The fourth-order valence-electron chi connectivity index (χ4n) is 2.28. The van der Waals surface area contributed by atoms with Crippen molar-refractivity contribution in [2.45, 2.75) is 6.54 Å². The highest BCUT2D eigenvalue weighted by atomic mass is 16.5. The van der Waals surface area contributed by atoms with E-state index in [1.807, 2.05) is 54.6 Å². The number of hydrogen-bond donors (Lipinski definition) is 1. The highest BCUT2D eigenvalue weighted by molar-refractivity contribution is 5.91. The van der Waals surface area contributed by atoms with E-state index in [0.29, 0.717) is 18.0 Å². The normalized spacial score (nSPS) is 10.8. The van der Waals surface area contributed by atoms with E-state index in [1.165, 1.54) is 6.08 Å². The molecule has 0 unspecified atom stereocenters. The molecule has 0 atom stereocenters. The van der Waals surface area contributed by atoms with Gasteiger partial charge in [-0.15, -0.1) is 0 Å². The van der Waals surface area contributed by atoms with E-state index >= 15 is 0 Å². The summed E-state index contributed by atoms with van der Waals surface area (Å²) in [5.74, 6) is 1.19. The molecule has 5 nitrogen and oxygen atoms in total. The highest BCUT2D eigenvalue weighted by Crippen LogP contribution is 2.24. The minimum absolute atomic E-state index is 0.185. The van der Waals surface area contributed by atoms with Gasteiger partial charge in [-0.3, -0.25) is 4.79 Å². The molecule has 25 heavy (non-hydrogen) atoms. The lowest BCUT2D eigenvalue weighted by Crippen LogP contribution is -2.20. The molecule has 1 heterocycles. The van der Waals surface area contributed by atoms with E-state index < -0.39 is 0 Å². The Labute approximate surface area is 145 Å². The van der Waals surface area contributed by atoms with Crippen LogP contribution < -0.4 is 10.1 Å². The Kier molecular flexibility index (Phi) is 5.26. The maximum Gasteiger partial charge on any atom is 0.244 e. The molecule has 1 aromatic heterocycles. The Morgan fingerprint density at radius 2 is 2.00 bits per heavy atom. The van der Waals surface area contributed by atoms with Crippen molar-refractivity contribution in [1.29, 1.82) is 0 Å². The van der Waals surface area contributed by atoms with Crippen molar-refractivity contribution in [2.24, 2.45) is 0 Å². The number of nitrogens with zero attached hydrogens (tertiary/aromatic N) is 1. The SMILES string of the molecule is COc1cccc(-c2cc(CNC(=O)/C=C\c3ccccc3)no2)c1. The third-order valence-electron chi connectivity index (χ3n) is 3.58. The number of aromatic nitrogens is 1. The van der Waals surface area contributed by atoms with Crippen molar-refractivity contribution in [1.82, 2.24) is 10.5 Å². The first-order valence-electron chi connectivity index (χ1n) is 7.85. The minimum Gasteiger partial charge on any atom is -0.497 e. The van der Waals surface area contributed by atoms with Crippen LogP contribution in [-0.4, -0.2) is 18.2 Å². The largest absolute Gasteiger partial charge is 0.497 e. The summed E-state index contributed by atoms with van der Waals surface area (Å²) in [5, 5.41) is 6.77. The topological polar surface area (TPSA) is 64.4 Å². The zero-order chi connectivity index (χ0) is 17.5. The van der Waals surface area contributed by atoms with Crippen molar-refractivity contribution < 1.29 is 14.1 Å². The summed E-state index contributed by atoms with van der Waals surface area (Å²) in [6.45, 7) is 0.297. The van der Waals surface area contributed by atoms with E-state index in [-0.39, 0.29) is 5.91 Å². The molecule has 0 aliphatic carbocycles. The van der Waals surface area contributed by atoms with Gasteiger partial charge in [0.2, 0.25) is 5.91 Å². The molecule has 0 aliphatic heterocycles. The Bertz CT molecular complexity index is 869. The Morgan fingerprint density at radius 3 is 2.80 bits per heavy atom. The molecule has 0 spiro atoms. The van der Waals surface area contributed by atoms with Crippen molar-refractivity contribution in [2.75, 3.05) is 7.11 Å². The number of methoxy groups -OCH3 is 1. The highest BCUT2D eigenvalue weighted by Gasteiger charge is 2.08. The van der Waals surface area contributed by atoms with Gasteiger partial charge in [0, 0.05) is 17.7 Å². The van der Waals surface area contributed by atoms with Crippen LogP contribution in [0.1, 0.15) is 11.3 Å². The molecular formula is C20H18N2O3. The third-order valence-corrected chi connectivity index (χ3v) is 3.58. The van der Waals surface area contributed by atoms with Gasteiger partial charge < -0.3 is 14.6 Å². The number of benzene rings is 2. The molecule has 126 valence electrons. The van der Waals surface area contributed by atoms with Crippen molar-refractivity contribution in [3.8, 4) is 17.1 Å². The van der Waals surface area contributed by atoms with E-state index in [9.17, 15) is 4.79 Å². The summed E-state index contributed by atoms with van der Waals surface area (Å²) in [6, 6.07) is 19.0. The Hall–Kier alpha value is -3.34. The second kappa shape index (κ2) is 7.97. The number of rotatable bonds is 6. The Balaban J connectivity index is 1.58. The average Bonchev–Trinajstić information content (AvgIpc) is 3.15. The molecule has 0 saturated heterocycles. The van der Waals surface area contributed by atoms with Crippen molar-refractivity contribution in [3.05, 3.63) is 78.0 Å². The smallest absolute Gasteiger partial charge is 0.244 e. The third kappa shape index (κ3) is 4.57. The molecule has 1 amide bonds. The number of ether oxygens (including phenoxy) is 1. The quantitative estimate of drug-likeness (QED) is 0.699. The molecule has 3 aromatic rings. The van der Waals surface area contributed by atoms with E-state index in [2.05, 4.69) is 10.5 Å². The fourth-order valence-corrected chi connectivity index (χ4v) is 2.28. The monoisotopic (exact) mass is 334 g/mol. The zero-order valence-electron chi connectivity index (χ0n) is 13.8. The second-order valence-electron chi connectivity index (χ2n) is 5.38. The summed E-state index contributed by atoms with van der Waals surface area (Å²) < 4.78 is 10.5. The number of hydrogen-bond acceptors (Lipinski definition) is 4. The maximum absolute atomic E-state index is 11.9. The van der Waals surface area contributed by atoms with Gasteiger partial charge in [-0.05, 0) is 23.8 Å². The molecule has 5 heteroatoms. The van der Waals surface area contributed by atoms with Crippen molar-refractivity contribution >= 4 is 12.0 Å². The number of nitrogens with one attached hydrogen (secondary N) is 1. The van der Waals surface area contributed by atoms with Crippen LogP contribution >= 0.6 is 0 Å². The Morgan fingerprint density at radius 1 is 1.16 bits per heavy atom. The van der Waals surface area contributed by atoms with E-state index in [0.717, 1.165) is 16.9 Å². The average molecular weight is 334 g/mol.